The van der Waals surface area contributed by atoms with Crippen molar-refractivity contribution < 1.29 is 14.6 Å². The lowest BCUT2D eigenvalue weighted by Crippen LogP contribution is -2.33. The molecule has 0 aliphatic heterocycles. The second kappa shape index (κ2) is 8.41. The van der Waals surface area contributed by atoms with Crippen LogP contribution >= 0.6 is 0 Å². The topological polar surface area (TPSA) is 50.7 Å². The highest BCUT2D eigenvalue weighted by molar-refractivity contribution is 5.32. The summed E-state index contributed by atoms with van der Waals surface area (Å²) in [6.45, 7) is 2.78. The number of rotatable bonds is 8. The molecular formula is C18H23NO3. The van der Waals surface area contributed by atoms with Gasteiger partial charge in [-0.05, 0) is 24.6 Å². The summed E-state index contributed by atoms with van der Waals surface area (Å²) in [5.74, 6) is 1.43. The first-order valence-corrected chi connectivity index (χ1v) is 7.42. The first kappa shape index (κ1) is 16.3. The predicted molar refractivity (Wildman–Crippen MR) is 87.4 cm³/mol. The smallest absolute Gasteiger partial charge is 0.123 e. The fourth-order valence-electron chi connectivity index (χ4n) is 2.11. The molecule has 4 heteroatoms. The summed E-state index contributed by atoms with van der Waals surface area (Å²) in [6, 6.07) is 17.7. The van der Waals surface area contributed by atoms with E-state index in [2.05, 4.69) is 24.4 Å². The van der Waals surface area contributed by atoms with Gasteiger partial charge in [-0.15, -0.1) is 0 Å². The van der Waals surface area contributed by atoms with Crippen molar-refractivity contribution in [2.24, 2.45) is 0 Å². The van der Waals surface area contributed by atoms with E-state index < -0.39 is 6.10 Å². The van der Waals surface area contributed by atoms with Gasteiger partial charge in [0, 0.05) is 18.7 Å². The van der Waals surface area contributed by atoms with Crippen LogP contribution < -0.4 is 14.8 Å². The van der Waals surface area contributed by atoms with E-state index in [9.17, 15) is 5.11 Å². The lowest BCUT2D eigenvalue weighted by atomic mass is 10.1. The van der Waals surface area contributed by atoms with Crippen LogP contribution in [-0.4, -0.2) is 31.5 Å². The van der Waals surface area contributed by atoms with Crippen LogP contribution in [0.2, 0.25) is 0 Å². The maximum Gasteiger partial charge on any atom is 0.123 e. The molecule has 0 heterocycles. The lowest BCUT2D eigenvalue weighted by molar-refractivity contribution is 0.104. The Morgan fingerprint density at radius 2 is 1.77 bits per heavy atom. The Labute approximate surface area is 131 Å². The molecule has 0 saturated carbocycles. The molecule has 118 valence electrons. The Morgan fingerprint density at radius 3 is 2.50 bits per heavy atom. The first-order valence-electron chi connectivity index (χ1n) is 7.42. The van der Waals surface area contributed by atoms with Gasteiger partial charge in [0.2, 0.25) is 0 Å². The average molecular weight is 301 g/mol. The monoisotopic (exact) mass is 301 g/mol. The fraction of sp³-hybridized carbons (Fsp3) is 0.333. The molecule has 2 aromatic carbocycles. The normalized spacial score (nSPS) is 13.4. The molecule has 22 heavy (non-hydrogen) atoms. The summed E-state index contributed by atoms with van der Waals surface area (Å²) in [5, 5.41) is 13.3. The number of aliphatic hydroxyl groups excluding tert-OH is 1. The quantitative estimate of drug-likeness (QED) is 0.787. The van der Waals surface area contributed by atoms with E-state index in [1.165, 1.54) is 5.56 Å². The molecule has 0 aliphatic rings. The second-order valence-corrected chi connectivity index (χ2v) is 5.18. The minimum atomic E-state index is -0.572. The van der Waals surface area contributed by atoms with Crippen LogP contribution in [0.25, 0.3) is 0 Å². The Hall–Kier alpha value is -2.04. The number of hydrogen-bond donors (Lipinski definition) is 2. The number of aliphatic hydroxyl groups is 1. The van der Waals surface area contributed by atoms with Crippen LogP contribution in [-0.2, 0) is 0 Å². The summed E-state index contributed by atoms with van der Waals surface area (Å²) in [6.07, 6.45) is -0.572. The van der Waals surface area contributed by atoms with Gasteiger partial charge in [0.15, 0.2) is 0 Å². The van der Waals surface area contributed by atoms with Crippen LogP contribution in [0.5, 0.6) is 11.5 Å². The summed E-state index contributed by atoms with van der Waals surface area (Å²) in [5.41, 5.74) is 1.20. The SMILES string of the molecule is COc1cccc(OC[C@H](O)CN[C@@H](C)c2ccccc2)c1. The van der Waals surface area contributed by atoms with Gasteiger partial charge in [-0.25, -0.2) is 0 Å². The highest BCUT2D eigenvalue weighted by atomic mass is 16.5. The maximum atomic E-state index is 10.0. The van der Waals surface area contributed by atoms with E-state index in [4.69, 9.17) is 9.47 Å². The predicted octanol–water partition coefficient (Wildman–Crippen LogP) is 2.79. The van der Waals surface area contributed by atoms with E-state index in [0.29, 0.717) is 12.3 Å². The second-order valence-electron chi connectivity index (χ2n) is 5.18. The summed E-state index contributed by atoms with van der Waals surface area (Å²) >= 11 is 0. The molecule has 0 fully saturated rings. The Balaban J connectivity index is 1.74. The number of benzene rings is 2. The molecule has 2 aromatic rings. The Kier molecular flexibility index (Phi) is 6.25. The molecule has 2 atom stereocenters. The molecule has 4 nitrogen and oxygen atoms in total. The molecule has 0 bridgehead atoms. The lowest BCUT2D eigenvalue weighted by Gasteiger charge is -2.18. The molecule has 0 amide bonds. The first-order chi connectivity index (χ1) is 10.7. The summed E-state index contributed by atoms with van der Waals surface area (Å²) in [7, 11) is 1.61. The summed E-state index contributed by atoms with van der Waals surface area (Å²) < 4.78 is 10.7. The highest BCUT2D eigenvalue weighted by Gasteiger charge is 2.09. The van der Waals surface area contributed by atoms with Gasteiger partial charge in [0.1, 0.15) is 24.2 Å². The van der Waals surface area contributed by atoms with Crippen molar-refractivity contribution in [1.82, 2.24) is 5.32 Å². The molecule has 0 aliphatic carbocycles. The maximum absolute atomic E-state index is 10.0. The van der Waals surface area contributed by atoms with E-state index >= 15 is 0 Å². The van der Waals surface area contributed by atoms with Crippen molar-refractivity contribution in [1.29, 1.82) is 0 Å². The summed E-state index contributed by atoms with van der Waals surface area (Å²) in [4.78, 5) is 0. The third kappa shape index (κ3) is 5.06. The Bertz CT molecular complexity index is 559. The van der Waals surface area contributed by atoms with E-state index in [1.54, 1.807) is 13.2 Å². The van der Waals surface area contributed by atoms with E-state index in [0.717, 1.165) is 5.75 Å². The standard InChI is InChI=1S/C18H23NO3/c1-14(15-7-4-3-5-8-15)19-12-16(20)13-22-18-10-6-9-17(11-18)21-2/h3-11,14,16,19-20H,12-13H2,1-2H3/t14-,16+/m0/s1. The minimum Gasteiger partial charge on any atom is -0.497 e. The molecule has 2 N–H and O–H groups in total. The fourth-order valence-corrected chi connectivity index (χ4v) is 2.11. The van der Waals surface area contributed by atoms with Crippen molar-refractivity contribution in [3.05, 3.63) is 60.2 Å². The zero-order valence-corrected chi connectivity index (χ0v) is 13.0. The zero-order chi connectivity index (χ0) is 15.8. The third-order valence-corrected chi connectivity index (χ3v) is 3.44. The van der Waals surface area contributed by atoms with Crippen LogP contribution in [0, 0.1) is 0 Å². The van der Waals surface area contributed by atoms with Crippen LogP contribution in [0.4, 0.5) is 0 Å². The average Bonchev–Trinajstić information content (AvgIpc) is 2.58. The molecule has 0 radical (unpaired) electrons. The van der Waals surface area contributed by atoms with Crippen LogP contribution in [0.1, 0.15) is 18.5 Å². The molecule has 0 unspecified atom stereocenters. The Morgan fingerprint density at radius 1 is 1.05 bits per heavy atom. The number of ether oxygens (including phenoxy) is 2. The largest absolute Gasteiger partial charge is 0.497 e. The van der Waals surface area contributed by atoms with Crippen molar-refractivity contribution in [2.45, 2.75) is 19.1 Å². The van der Waals surface area contributed by atoms with E-state index in [1.807, 2.05) is 36.4 Å². The number of nitrogens with one attached hydrogen (secondary N) is 1. The molecule has 0 aromatic heterocycles. The van der Waals surface area contributed by atoms with Crippen molar-refractivity contribution in [2.75, 3.05) is 20.3 Å². The van der Waals surface area contributed by atoms with Crippen molar-refractivity contribution in [3.8, 4) is 11.5 Å². The molecular weight excluding hydrogens is 278 g/mol. The minimum absolute atomic E-state index is 0.188. The van der Waals surface area contributed by atoms with Crippen molar-refractivity contribution in [3.63, 3.8) is 0 Å². The van der Waals surface area contributed by atoms with Gasteiger partial charge in [0.25, 0.3) is 0 Å². The number of methoxy groups -OCH3 is 1. The molecule has 2 rings (SSSR count). The van der Waals surface area contributed by atoms with Crippen molar-refractivity contribution >= 4 is 0 Å². The van der Waals surface area contributed by atoms with E-state index in [-0.39, 0.29) is 12.6 Å². The third-order valence-electron chi connectivity index (χ3n) is 3.44. The highest BCUT2D eigenvalue weighted by Crippen LogP contribution is 2.19. The zero-order valence-electron chi connectivity index (χ0n) is 13.0. The van der Waals surface area contributed by atoms with Gasteiger partial charge in [-0.1, -0.05) is 36.4 Å². The van der Waals surface area contributed by atoms with Gasteiger partial charge in [0.05, 0.1) is 7.11 Å². The van der Waals surface area contributed by atoms with Crippen LogP contribution in [0.3, 0.4) is 0 Å². The molecule has 0 spiro atoms. The van der Waals surface area contributed by atoms with Crippen LogP contribution in [0.15, 0.2) is 54.6 Å². The van der Waals surface area contributed by atoms with Gasteiger partial charge in [-0.3, -0.25) is 0 Å². The molecule has 0 saturated heterocycles. The van der Waals surface area contributed by atoms with Gasteiger partial charge < -0.3 is 19.9 Å². The number of hydrogen-bond acceptors (Lipinski definition) is 4. The van der Waals surface area contributed by atoms with Gasteiger partial charge >= 0.3 is 0 Å². The van der Waals surface area contributed by atoms with Gasteiger partial charge in [-0.2, -0.15) is 0 Å².